The van der Waals surface area contributed by atoms with Gasteiger partial charge in [0.1, 0.15) is 5.82 Å². The van der Waals surface area contributed by atoms with E-state index in [2.05, 4.69) is 38.7 Å². The number of piperazine rings is 1. The van der Waals surface area contributed by atoms with E-state index in [1.54, 1.807) is 0 Å². The average molecular weight is 393 g/mol. The van der Waals surface area contributed by atoms with E-state index in [1.807, 2.05) is 41.4 Å². The van der Waals surface area contributed by atoms with E-state index < -0.39 is 0 Å². The van der Waals surface area contributed by atoms with Crippen molar-refractivity contribution in [2.24, 2.45) is 0 Å². The highest BCUT2D eigenvalue weighted by atomic mass is 16.2. The molecule has 0 atom stereocenters. The number of benzene rings is 1. The van der Waals surface area contributed by atoms with Gasteiger partial charge in [0.25, 0.3) is 0 Å². The number of nitrogens with zero attached hydrogens (tertiary/aromatic N) is 5. The second-order valence-corrected chi connectivity index (χ2v) is 7.86. The van der Waals surface area contributed by atoms with Crippen molar-refractivity contribution in [3.05, 3.63) is 48.0 Å². The van der Waals surface area contributed by atoms with Crippen molar-refractivity contribution >= 4 is 22.9 Å². The number of aryl methyl sites for hydroxylation is 1. The van der Waals surface area contributed by atoms with Crippen LogP contribution in [0.2, 0.25) is 0 Å². The van der Waals surface area contributed by atoms with Gasteiger partial charge < -0.3 is 14.8 Å². The molecule has 0 radical (unpaired) electrons. The number of carbonyl (C=O) groups excluding carboxylic acids is 1. The second-order valence-electron chi connectivity index (χ2n) is 7.86. The third-order valence-electron chi connectivity index (χ3n) is 5.41. The number of hydrogen-bond acceptors (Lipinski definition) is 5. The number of para-hydroxylation sites is 2. The first kappa shape index (κ1) is 19.4. The summed E-state index contributed by atoms with van der Waals surface area (Å²) in [5.41, 5.74) is 3.08. The van der Waals surface area contributed by atoms with Crippen molar-refractivity contribution in [3.63, 3.8) is 0 Å². The summed E-state index contributed by atoms with van der Waals surface area (Å²) in [5.74, 6) is 2.32. The molecule has 0 spiro atoms. The number of H-pyrrole nitrogens is 1. The summed E-state index contributed by atoms with van der Waals surface area (Å²) in [6.45, 7) is 7.26. The molecule has 0 unspecified atom stereocenters. The Labute approximate surface area is 171 Å². The molecule has 1 aliphatic heterocycles. The summed E-state index contributed by atoms with van der Waals surface area (Å²) < 4.78 is 0. The largest absolute Gasteiger partial charge is 0.342 e. The summed E-state index contributed by atoms with van der Waals surface area (Å²) in [7, 11) is 0. The number of aromatic nitrogens is 4. The lowest BCUT2D eigenvalue weighted by molar-refractivity contribution is -0.131. The van der Waals surface area contributed by atoms with E-state index in [0.29, 0.717) is 12.3 Å². The molecule has 29 heavy (non-hydrogen) atoms. The van der Waals surface area contributed by atoms with Gasteiger partial charge in [0.05, 0.1) is 11.0 Å². The first-order valence-corrected chi connectivity index (χ1v) is 10.4. The van der Waals surface area contributed by atoms with Crippen molar-refractivity contribution in [1.82, 2.24) is 24.8 Å². The average Bonchev–Trinajstić information content (AvgIpc) is 3.16. The molecule has 4 rings (SSSR count). The Morgan fingerprint density at radius 3 is 2.66 bits per heavy atom. The Morgan fingerprint density at radius 2 is 1.90 bits per heavy atom. The fraction of sp³-hybridized carbons (Fsp3) is 0.455. The Bertz CT molecular complexity index is 941. The highest BCUT2D eigenvalue weighted by Gasteiger charge is 2.22. The maximum absolute atomic E-state index is 12.6. The van der Waals surface area contributed by atoms with Crippen LogP contribution in [0, 0.1) is 0 Å². The SMILES string of the molecule is CC(C)c1ccnc(N2CCN(C(=O)CCCc3nc4ccccc4[nH]3)CC2)n1. The van der Waals surface area contributed by atoms with Gasteiger partial charge in [-0.2, -0.15) is 0 Å². The number of fused-ring (bicyclic) bond motifs is 1. The number of nitrogens with one attached hydrogen (secondary N) is 1. The van der Waals surface area contributed by atoms with Gasteiger partial charge in [0.15, 0.2) is 0 Å². The normalized spacial score (nSPS) is 14.7. The standard InChI is InChI=1S/C22H28N6O/c1-16(2)17-10-11-23-22(26-17)28-14-12-27(13-15-28)21(29)9-5-8-20-24-18-6-3-4-7-19(18)25-20/h3-4,6-7,10-11,16H,5,8-9,12-15H2,1-2H3,(H,24,25). The van der Waals surface area contributed by atoms with E-state index in [0.717, 1.165) is 67.5 Å². The fourth-order valence-corrected chi connectivity index (χ4v) is 3.68. The van der Waals surface area contributed by atoms with Gasteiger partial charge in [-0.15, -0.1) is 0 Å². The first-order valence-electron chi connectivity index (χ1n) is 10.4. The molecule has 1 fully saturated rings. The maximum Gasteiger partial charge on any atom is 0.225 e. The van der Waals surface area contributed by atoms with Gasteiger partial charge in [-0.05, 0) is 30.5 Å². The van der Waals surface area contributed by atoms with Gasteiger partial charge >= 0.3 is 0 Å². The van der Waals surface area contributed by atoms with Crippen molar-refractivity contribution in [2.45, 2.75) is 39.0 Å². The van der Waals surface area contributed by atoms with E-state index >= 15 is 0 Å². The monoisotopic (exact) mass is 392 g/mol. The Kier molecular flexibility index (Phi) is 5.74. The van der Waals surface area contributed by atoms with Gasteiger partial charge in [0, 0.05) is 50.9 Å². The Balaban J connectivity index is 1.25. The molecular weight excluding hydrogens is 364 g/mol. The van der Waals surface area contributed by atoms with Crippen LogP contribution in [0.15, 0.2) is 36.5 Å². The predicted molar refractivity (Wildman–Crippen MR) is 114 cm³/mol. The molecule has 3 aromatic rings. The van der Waals surface area contributed by atoms with E-state index in [-0.39, 0.29) is 5.91 Å². The zero-order chi connectivity index (χ0) is 20.2. The van der Waals surface area contributed by atoms with E-state index in [1.165, 1.54) is 0 Å². The van der Waals surface area contributed by atoms with Gasteiger partial charge in [0.2, 0.25) is 11.9 Å². The summed E-state index contributed by atoms with van der Waals surface area (Å²) in [4.78, 5) is 33.7. The van der Waals surface area contributed by atoms with Crippen LogP contribution in [-0.4, -0.2) is 56.9 Å². The summed E-state index contributed by atoms with van der Waals surface area (Å²) in [6.07, 6.45) is 3.97. The van der Waals surface area contributed by atoms with E-state index in [9.17, 15) is 4.79 Å². The number of aromatic amines is 1. The highest BCUT2D eigenvalue weighted by Crippen LogP contribution is 2.17. The smallest absolute Gasteiger partial charge is 0.225 e. The molecular formula is C22H28N6O. The van der Waals surface area contributed by atoms with Crippen LogP contribution in [-0.2, 0) is 11.2 Å². The number of hydrogen-bond donors (Lipinski definition) is 1. The first-order chi connectivity index (χ1) is 14.1. The minimum Gasteiger partial charge on any atom is -0.342 e. The van der Waals surface area contributed by atoms with Crippen LogP contribution in [0.25, 0.3) is 11.0 Å². The molecule has 1 aliphatic rings. The van der Waals surface area contributed by atoms with Crippen LogP contribution in [0.3, 0.4) is 0 Å². The van der Waals surface area contributed by atoms with Gasteiger partial charge in [-0.25, -0.2) is 15.0 Å². The Hall–Kier alpha value is -2.96. The molecule has 7 heteroatoms. The molecule has 152 valence electrons. The second kappa shape index (κ2) is 8.59. The maximum atomic E-state index is 12.6. The molecule has 0 saturated carbocycles. The zero-order valence-corrected chi connectivity index (χ0v) is 17.1. The third kappa shape index (κ3) is 4.55. The molecule has 3 heterocycles. The minimum absolute atomic E-state index is 0.220. The van der Waals surface area contributed by atoms with E-state index in [4.69, 9.17) is 0 Å². The summed E-state index contributed by atoms with van der Waals surface area (Å²) in [5, 5.41) is 0. The van der Waals surface area contributed by atoms with Crippen LogP contribution in [0.4, 0.5) is 5.95 Å². The van der Waals surface area contributed by atoms with Gasteiger partial charge in [-0.3, -0.25) is 4.79 Å². The number of anilines is 1. The van der Waals surface area contributed by atoms with Crippen molar-refractivity contribution in [1.29, 1.82) is 0 Å². The van der Waals surface area contributed by atoms with Gasteiger partial charge in [-0.1, -0.05) is 26.0 Å². The zero-order valence-electron chi connectivity index (χ0n) is 17.1. The van der Waals surface area contributed by atoms with Crippen molar-refractivity contribution in [2.75, 3.05) is 31.1 Å². The predicted octanol–water partition coefficient (Wildman–Crippen LogP) is 3.15. The quantitative estimate of drug-likeness (QED) is 0.697. The highest BCUT2D eigenvalue weighted by molar-refractivity contribution is 5.76. The van der Waals surface area contributed by atoms with Crippen molar-refractivity contribution < 1.29 is 4.79 Å². The Morgan fingerprint density at radius 1 is 1.10 bits per heavy atom. The lowest BCUT2D eigenvalue weighted by Crippen LogP contribution is -2.49. The minimum atomic E-state index is 0.220. The van der Waals surface area contributed by atoms with Crippen LogP contribution in [0.1, 0.15) is 44.1 Å². The number of imidazole rings is 1. The molecule has 1 N–H and O–H groups in total. The number of carbonyl (C=O) groups is 1. The van der Waals surface area contributed by atoms with Crippen molar-refractivity contribution in [3.8, 4) is 0 Å². The number of rotatable bonds is 6. The number of amides is 1. The van der Waals surface area contributed by atoms with Crippen LogP contribution < -0.4 is 4.90 Å². The lowest BCUT2D eigenvalue weighted by atomic mass is 10.1. The summed E-state index contributed by atoms with van der Waals surface area (Å²) >= 11 is 0. The molecule has 1 aromatic carbocycles. The molecule has 2 aromatic heterocycles. The van der Waals surface area contributed by atoms with Crippen LogP contribution in [0.5, 0.6) is 0 Å². The molecule has 0 aliphatic carbocycles. The molecule has 7 nitrogen and oxygen atoms in total. The van der Waals surface area contributed by atoms with Crippen LogP contribution >= 0.6 is 0 Å². The topological polar surface area (TPSA) is 78.0 Å². The molecule has 1 amide bonds. The third-order valence-corrected chi connectivity index (χ3v) is 5.41. The lowest BCUT2D eigenvalue weighted by Gasteiger charge is -2.35. The summed E-state index contributed by atoms with van der Waals surface area (Å²) in [6, 6.07) is 9.98. The molecule has 1 saturated heterocycles. The fourth-order valence-electron chi connectivity index (χ4n) is 3.68. The molecule has 0 bridgehead atoms.